The van der Waals surface area contributed by atoms with E-state index in [0.29, 0.717) is 19.0 Å². The molecule has 0 aliphatic carbocycles. The number of carbonyl (C=O) groups is 1. The predicted molar refractivity (Wildman–Crippen MR) is 108 cm³/mol. The van der Waals surface area contributed by atoms with Crippen molar-refractivity contribution in [3.05, 3.63) is 71.5 Å². The van der Waals surface area contributed by atoms with Crippen LogP contribution in [0.2, 0.25) is 0 Å². The number of furan rings is 1. The molecule has 5 nitrogen and oxygen atoms in total. The van der Waals surface area contributed by atoms with E-state index in [4.69, 9.17) is 9.15 Å². The van der Waals surface area contributed by atoms with E-state index in [2.05, 4.69) is 24.3 Å². The zero-order valence-corrected chi connectivity index (χ0v) is 16.3. The molecule has 0 radical (unpaired) electrons. The summed E-state index contributed by atoms with van der Waals surface area (Å²) in [4.78, 5) is 16.6. The summed E-state index contributed by atoms with van der Waals surface area (Å²) in [6.07, 6.45) is 0. The average molecular weight is 379 g/mol. The standard InChI is InChI=1S/C23H26N2O3/c1-2-27-17-20-19-10-6-7-11-21(19)28-22(20)23(26)25-14-12-24(13-15-25)16-18-8-4-3-5-9-18/h3-11H,2,12-17H2,1H3/p+1. The molecule has 1 aliphatic heterocycles. The summed E-state index contributed by atoms with van der Waals surface area (Å²) in [5.74, 6) is 0.408. The summed E-state index contributed by atoms with van der Waals surface area (Å²) in [7, 11) is 0. The molecule has 1 N–H and O–H groups in total. The number of ether oxygens (including phenoxy) is 1. The zero-order chi connectivity index (χ0) is 19.3. The molecule has 0 bridgehead atoms. The second-order valence-electron chi connectivity index (χ2n) is 7.25. The predicted octanol–water partition coefficient (Wildman–Crippen LogP) is 2.51. The maximum Gasteiger partial charge on any atom is 0.290 e. The largest absolute Gasteiger partial charge is 0.451 e. The fraction of sp³-hybridized carbons (Fsp3) is 0.348. The minimum absolute atomic E-state index is 0.0235. The first kappa shape index (κ1) is 18.7. The highest BCUT2D eigenvalue weighted by atomic mass is 16.5. The number of hydrogen-bond donors (Lipinski definition) is 1. The van der Waals surface area contributed by atoms with Crippen molar-refractivity contribution in [2.75, 3.05) is 32.8 Å². The van der Waals surface area contributed by atoms with Crippen LogP contribution in [0.15, 0.2) is 59.0 Å². The van der Waals surface area contributed by atoms with E-state index in [1.165, 1.54) is 10.5 Å². The van der Waals surface area contributed by atoms with Crippen LogP contribution in [0.25, 0.3) is 11.0 Å². The van der Waals surface area contributed by atoms with Crippen molar-refractivity contribution >= 4 is 16.9 Å². The van der Waals surface area contributed by atoms with E-state index in [9.17, 15) is 4.79 Å². The number of benzene rings is 2. The molecular weight excluding hydrogens is 352 g/mol. The number of para-hydroxylation sites is 1. The molecule has 28 heavy (non-hydrogen) atoms. The van der Waals surface area contributed by atoms with Crippen molar-refractivity contribution in [2.24, 2.45) is 0 Å². The Morgan fingerprint density at radius 3 is 2.54 bits per heavy atom. The molecule has 4 rings (SSSR count). The monoisotopic (exact) mass is 379 g/mol. The molecule has 1 amide bonds. The Balaban J connectivity index is 1.46. The molecule has 0 saturated carbocycles. The van der Waals surface area contributed by atoms with Gasteiger partial charge in [-0.25, -0.2) is 0 Å². The Labute approximate surface area is 165 Å². The van der Waals surface area contributed by atoms with Gasteiger partial charge in [-0.05, 0) is 13.0 Å². The molecule has 3 aromatic rings. The second kappa shape index (κ2) is 8.59. The Morgan fingerprint density at radius 1 is 1.07 bits per heavy atom. The molecule has 1 aromatic heterocycles. The zero-order valence-electron chi connectivity index (χ0n) is 16.3. The van der Waals surface area contributed by atoms with Gasteiger partial charge >= 0.3 is 0 Å². The third-order valence-corrected chi connectivity index (χ3v) is 5.40. The summed E-state index contributed by atoms with van der Waals surface area (Å²) < 4.78 is 11.6. The number of fused-ring (bicyclic) bond motifs is 1. The first-order valence-corrected chi connectivity index (χ1v) is 10.0. The Hall–Kier alpha value is -2.63. The first-order valence-electron chi connectivity index (χ1n) is 10.0. The van der Waals surface area contributed by atoms with Crippen molar-refractivity contribution in [1.29, 1.82) is 0 Å². The lowest BCUT2D eigenvalue weighted by molar-refractivity contribution is -0.917. The van der Waals surface area contributed by atoms with Crippen molar-refractivity contribution < 1.29 is 18.8 Å². The molecule has 2 aromatic carbocycles. The smallest absolute Gasteiger partial charge is 0.290 e. The fourth-order valence-corrected chi connectivity index (χ4v) is 3.85. The number of rotatable bonds is 6. The van der Waals surface area contributed by atoms with Gasteiger partial charge in [0.1, 0.15) is 12.1 Å². The van der Waals surface area contributed by atoms with Crippen LogP contribution in [-0.4, -0.2) is 43.6 Å². The lowest BCUT2D eigenvalue weighted by atomic mass is 10.1. The first-order chi connectivity index (χ1) is 13.8. The Morgan fingerprint density at radius 2 is 1.79 bits per heavy atom. The summed E-state index contributed by atoms with van der Waals surface area (Å²) in [5.41, 5.74) is 2.95. The van der Waals surface area contributed by atoms with Gasteiger partial charge in [0.2, 0.25) is 0 Å². The van der Waals surface area contributed by atoms with Crippen molar-refractivity contribution in [1.82, 2.24) is 4.90 Å². The van der Waals surface area contributed by atoms with E-state index in [0.717, 1.165) is 49.3 Å². The minimum atomic E-state index is -0.0235. The summed E-state index contributed by atoms with van der Waals surface area (Å²) in [6.45, 7) is 7.34. The number of nitrogens with zero attached hydrogens (tertiary/aromatic N) is 1. The molecule has 1 saturated heterocycles. The van der Waals surface area contributed by atoms with E-state index >= 15 is 0 Å². The molecule has 146 valence electrons. The van der Waals surface area contributed by atoms with Crippen molar-refractivity contribution in [2.45, 2.75) is 20.1 Å². The summed E-state index contributed by atoms with van der Waals surface area (Å²) >= 11 is 0. The second-order valence-corrected chi connectivity index (χ2v) is 7.25. The van der Waals surface area contributed by atoms with E-state index in [-0.39, 0.29) is 5.91 Å². The molecule has 0 spiro atoms. The molecule has 1 fully saturated rings. The third kappa shape index (κ3) is 3.96. The van der Waals surface area contributed by atoms with Crippen LogP contribution in [0.5, 0.6) is 0 Å². The number of carbonyl (C=O) groups excluding carboxylic acids is 1. The summed E-state index contributed by atoms with van der Waals surface area (Å²) in [5, 5.41) is 0.965. The third-order valence-electron chi connectivity index (χ3n) is 5.40. The van der Waals surface area contributed by atoms with Gasteiger partial charge in [0.05, 0.1) is 32.8 Å². The van der Waals surface area contributed by atoms with Gasteiger partial charge in [0.25, 0.3) is 5.91 Å². The van der Waals surface area contributed by atoms with Crippen LogP contribution in [0.1, 0.15) is 28.6 Å². The van der Waals surface area contributed by atoms with Crippen LogP contribution in [-0.2, 0) is 17.9 Å². The number of hydrogen-bond acceptors (Lipinski definition) is 3. The van der Waals surface area contributed by atoms with E-state index < -0.39 is 0 Å². The topological polar surface area (TPSA) is 47.1 Å². The maximum atomic E-state index is 13.2. The van der Waals surface area contributed by atoms with Crippen molar-refractivity contribution in [3.8, 4) is 0 Å². The van der Waals surface area contributed by atoms with Crippen molar-refractivity contribution in [3.63, 3.8) is 0 Å². The highest BCUT2D eigenvalue weighted by Crippen LogP contribution is 2.27. The van der Waals surface area contributed by atoms with Crippen LogP contribution < -0.4 is 4.90 Å². The lowest BCUT2D eigenvalue weighted by Crippen LogP contribution is -3.13. The van der Waals surface area contributed by atoms with Gasteiger partial charge in [-0.2, -0.15) is 0 Å². The van der Waals surface area contributed by atoms with Gasteiger partial charge in [0.15, 0.2) is 5.76 Å². The Bertz CT molecular complexity index is 927. The normalized spacial score (nSPS) is 15.2. The average Bonchev–Trinajstić information content (AvgIpc) is 3.11. The molecule has 2 heterocycles. The summed E-state index contributed by atoms with van der Waals surface area (Å²) in [6, 6.07) is 18.3. The van der Waals surface area contributed by atoms with Gasteiger partial charge in [-0.3, -0.25) is 4.79 Å². The number of piperazine rings is 1. The van der Waals surface area contributed by atoms with Gasteiger partial charge in [-0.15, -0.1) is 0 Å². The highest BCUT2D eigenvalue weighted by Gasteiger charge is 2.29. The number of nitrogens with one attached hydrogen (secondary N) is 1. The molecular formula is C23H27N2O3+. The van der Waals surface area contributed by atoms with Crippen LogP contribution in [0.4, 0.5) is 0 Å². The number of amides is 1. The molecule has 0 atom stereocenters. The van der Waals surface area contributed by atoms with Gasteiger partial charge in [0, 0.05) is 23.1 Å². The maximum absolute atomic E-state index is 13.2. The molecule has 1 aliphatic rings. The van der Waals surface area contributed by atoms with E-state index in [1.807, 2.05) is 42.2 Å². The number of quaternary nitrogens is 1. The SMILES string of the molecule is CCOCc1c(C(=O)N2CC[NH+](Cc3ccccc3)CC2)oc2ccccc12. The molecule has 0 unspecified atom stereocenters. The van der Waals surface area contributed by atoms with Crippen LogP contribution in [0.3, 0.4) is 0 Å². The van der Waals surface area contributed by atoms with Gasteiger partial charge in [-0.1, -0.05) is 48.5 Å². The van der Waals surface area contributed by atoms with Gasteiger partial charge < -0.3 is 19.0 Å². The van der Waals surface area contributed by atoms with Crippen LogP contribution >= 0.6 is 0 Å². The lowest BCUT2D eigenvalue weighted by Gasteiger charge is -2.32. The molecule has 5 heteroatoms. The minimum Gasteiger partial charge on any atom is -0.451 e. The Kier molecular flexibility index (Phi) is 5.74. The quantitative estimate of drug-likeness (QED) is 0.716. The fourth-order valence-electron chi connectivity index (χ4n) is 3.85. The van der Waals surface area contributed by atoms with Crippen LogP contribution in [0, 0.1) is 0 Å². The van der Waals surface area contributed by atoms with E-state index in [1.54, 1.807) is 0 Å². The highest BCUT2D eigenvalue weighted by molar-refractivity contribution is 5.99.